The summed E-state index contributed by atoms with van der Waals surface area (Å²) in [7, 11) is 1.28. The van der Waals surface area contributed by atoms with Gasteiger partial charge in [-0.3, -0.25) is 10.1 Å². The molecule has 0 fully saturated rings. The molecule has 0 aliphatic heterocycles. The second-order valence-electron chi connectivity index (χ2n) is 4.59. The Morgan fingerprint density at radius 2 is 2.19 bits per heavy atom. The van der Waals surface area contributed by atoms with Crippen LogP contribution in [0.4, 0.5) is 10.7 Å². The molecule has 0 aliphatic carbocycles. The van der Waals surface area contributed by atoms with Crippen molar-refractivity contribution in [2.45, 2.75) is 26.3 Å². The summed E-state index contributed by atoms with van der Waals surface area (Å²) in [6.07, 6.45) is 1.30. The first kappa shape index (κ1) is 14.8. The van der Waals surface area contributed by atoms with Crippen LogP contribution in [0.2, 0.25) is 0 Å². The molecule has 0 saturated heterocycles. The third kappa shape index (κ3) is 2.96. The van der Waals surface area contributed by atoms with E-state index in [1.807, 2.05) is 10.6 Å². The fourth-order valence-corrected chi connectivity index (χ4v) is 2.13. The normalized spacial score (nSPS) is 10.6. The molecule has 0 spiro atoms. The molecule has 2 amide bonds. The molecule has 0 bridgehead atoms. The van der Waals surface area contributed by atoms with Crippen LogP contribution in [0.25, 0.3) is 11.0 Å². The number of ether oxygens (including phenoxy) is 1. The zero-order valence-corrected chi connectivity index (χ0v) is 12.0. The predicted octanol–water partition coefficient (Wildman–Crippen LogP) is 2.11. The maximum atomic E-state index is 11.5. The summed E-state index contributed by atoms with van der Waals surface area (Å²) in [5, 5.41) is 2.56. The number of unbranched alkanes of at least 4 members (excludes halogenated alkanes) is 1. The summed E-state index contributed by atoms with van der Waals surface area (Å²) < 4.78 is 6.44. The number of anilines is 1. The number of aryl methyl sites for hydroxylation is 1. The van der Waals surface area contributed by atoms with Crippen LogP contribution in [0.15, 0.2) is 18.2 Å². The minimum Gasteiger partial charge on any atom is -0.453 e. The Morgan fingerprint density at radius 1 is 1.43 bits per heavy atom. The molecule has 2 aromatic rings. The summed E-state index contributed by atoms with van der Waals surface area (Å²) in [4.78, 5) is 27.2. The van der Waals surface area contributed by atoms with Crippen LogP contribution < -0.4 is 11.1 Å². The molecule has 21 heavy (non-hydrogen) atoms. The van der Waals surface area contributed by atoms with E-state index in [0.29, 0.717) is 23.6 Å². The Kier molecular flexibility index (Phi) is 4.42. The van der Waals surface area contributed by atoms with Gasteiger partial charge in [0, 0.05) is 6.54 Å². The van der Waals surface area contributed by atoms with Crippen molar-refractivity contribution in [3.8, 4) is 0 Å². The first-order chi connectivity index (χ1) is 10.1. The number of amides is 2. The molecule has 0 radical (unpaired) electrons. The molecule has 3 N–H and O–H groups in total. The summed E-state index contributed by atoms with van der Waals surface area (Å²) in [6.45, 7) is 2.75. The number of carbonyl (C=O) groups excluding carboxylic acids is 2. The highest BCUT2D eigenvalue weighted by Crippen LogP contribution is 2.23. The summed E-state index contributed by atoms with van der Waals surface area (Å²) in [6, 6.07) is 5.20. The van der Waals surface area contributed by atoms with Crippen LogP contribution in [-0.2, 0) is 11.3 Å². The highest BCUT2D eigenvalue weighted by atomic mass is 16.5. The van der Waals surface area contributed by atoms with Gasteiger partial charge in [0.25, 0.3) is 5.91 Å². The number of benzene rings is 1. The second-order valence-corrected chi connectivity index (χ2v) is 4.59. The van der Waals surface area contributed by atoms with E-state index >= 15 is 0 Å². The average molecular weight is 290 g/mol. The molecule has 0 aliphatic rings. The van der Waals surface area contributed by atoms with E-state index in [1.54, 1.807) is 12.1 Å². The molecule has 0 saturated carbocycles. The van der Waals surface area contributed by atoms with Crippen LogP contribution >= 0.6 is 0 Å². The zero-order valence-electron chi connectivity index (χ0n) is 12.0. The Hall–Kier alpha value is -2.57. The number of hydrogen-bond donors (Lipinski definition) is 2. The smallest absolute Gasteiger partial charge is 0.413 e. The standard InChI is InChI=1S/C14H18N4O3/c1-3-4-8-18-10-7-5-6-9(12(15)19)11(10)16-13(18)17-14(20)21-2/h5-7H,3-4,8H2,1-2H3,(H2,15,19)(H,16,17,20). The fraction of sp³-hybridized carbons (Fsp3) is 0.357. The highest BCUT2D eigenvalue weighted by Gasteiger charge is 2.17. The van der Waals surface area contributed by atoms with E-state index in [1.165, 1.54) is 7.11 Å². The van der Waals surface area contributed by atoms with Crippen LogP contribution in [-0.4, -0.2) is 28.7 Å². The van der Waals surface area contributed by atoms with Crippen molar-refractivity contribution in [2.75, 3.05) is 12.4 Å². The molecule has 7 heteroatoms. The maximum Gasteiger partial charge on any atom is 0.413 e. The van der Waals surface area contributed by atoms with Gasteiger partial charge in [0.05, 0.1) is 18.2 Å². The van der Waals surface area contributed by atoms with Gasteiger partial charge in [0.1, 0.15) is 5.52 Å². The summed E-state index contributed by atoms with van der Waals surface area (Å²) in [5.41, 5.74) is 6.93. The summed E-state index contributed by atoms with van der Waals surface area (Å²) in [5.74, 6) is -0.204. The molecule has 112 valence electrons. The Balaban J connectivity index is 2.57. The van der Waals surface area contributed by atoms with Crippen LogP contribution in [0.3, 0.4) is 0 Å². The number of nitrogens with zero attached hydrogens (tertiary/aromatic N) is 2. The van der Waals surface area contributed by atoms with Crippen LogP contribution in [0.5, 0.6) is 0 Å². The lowest BCUT2D eigenvalue weighted by atomic mass is 10.2. The Morgan fingerprint density at radius 3 is 2.81 bits per heavy atom. The maximum absolute atomic E-state index is 11.5. The lowest BCUT2D eigenvalue weighted by Crippen LogP contribution is -2.15. The number of carbonyl (C=O) groups is 2. The minimum atomic E-state index is -0.608. The first-order valence-corrected chi connectivity index (χ1v) is 6.72. The molecule has 0 unspecified atom stereocenters. The minimum absolute atomic E-state index is 0.329. The lowest BCUT2D eigenvalue weighted by Gasteiger charge is -2.08. The number of para-hydroxylation sites is 1. The predicted molar refractivity (Wildman–Crippen MR) is 79.2 cm³/mol. The fourth-order valence-electron chi connectivity index (χ4n) is 2.13. The van der Waals surface area contributed by atoms with Crippen molar-refractivity contribution in [1.29, 1.82) is 0 Å². The number of aromatic nitrogens is 2. The second kappa shape index (κ2) is 6.25. The van der Waals surface area contributed by atoms with Gasteiger partial charge in [-0.2, -0.15) is 0 Å². The van der Waals surface area contributed by atoms with Crippen molar-refractivity contribution in [1.82, 2.24) is 9.55 Å². The van der Waals surface area contributed by atoms with Crippen molar-refractivity contribution in [3.63, 3.8) is 0 Å². The summed E-state index contributed by atoms with van der Waals surface area (Å²) >= 11 is 0. The van der Waals surface area contributed by atoms with Gasteiger partial charge < -0.3 is 15.0 Å². The topological polar surface area (TPSA) is 99.2 Å². The Labute approximate surface area is 122 Å². The number of fused-ring (bicyclic) bond motifs is 1. The van der Waals surface area contributed by atoms with Gasteiger partial charge in [-0.25, -0.2) is 9.78 Å². The van der Waals surface area contributed by atoms with Crippen LogP contribution in [0.1, 0.15) is 30.1 Å². The third-order valence-corrected chi connectivity index (χ3v) is 3.18. The van der Waals surface area contributed by atoms with Gasteiger partial charge in [-0.05, 0) is 18.6 Å². The number of rotatable bonds is 5. The molecular formula is C14H18N4O3. The van der Waals surface area contributed by atoms with Crippen molar-refractivity contribution in [2.24, 2.45) is 5.73 Å². The van der Waals surface area contributed by atoms with Crippen molar-refractivity contribution >= 4 is 29.0 Å². The largest absolute Gasteiger partial charge is 0.453 e. The van der Waals surface area contributed by atoms with E-state index in [0.717, 1.165) is 18.4 Å². The van der Waals surface area contributed by atoms with Gasteiger partial charge >= 0.3 is 6.09 Å². The molecule has 0 atom stereocenters. The average Bonchev–Trinajstić information content (AvgIpc) is 2.81. The van der Waals surface area contributed by atoms with Gasteiger partial charge in [0.15, 0.2) is 0 Å². The van der Waals surface area contributed by atoms with E-state index < -0.39 is 12.0 Å². The number of methoxy groups -OCH3 is 1. The monoisotopic (exact) mass is 290 g/mol. The van der Waals surface area contributed by atoms with E-state index in [-0.39, 0.29) is 0 Å². The zero-order chi connectivity index (χ0) is 15.4. The molecule has 7 nitrogen and oxygen atoms in total. The molecule has 1 aromatic carbocycles. The number of hydrogen-bond acceptors (Lipinski definition) is 4. The number of imidazole rings is 1. The first-order valence-electron chi connectivity index (χ1n) is 6.72. The number of nitrogens with two attached hydrogens (primary N) is 1. The quantitative estimate of drug-likeness (QED) is 0.880. The molecule has 2 rings (SSSR count). The van der Waals surface area contributed by atoms with Gasteiger partial charge in [0.2, 0.25) is 5.95 Å². The van der Waals surface area contributed by atoms with Crippen LogP contribution in [0, 0.1) is 0 Å². The van der Waals surface area contributed by atoms with Gasteiger partial charge in [-0.15, -0.1) is 0 Å². The molecule has 1 aromatic heterocycles. The van der Waals surface area contributed by atoms with Gasteiger partial charge in [-0.1, -0.05) is 19.4 Å². The molecule has 1 heterocycles. The number of nitrogens with one attached hydrogen (secondary N) is 1. The van der Waals surface area contributed by atoms with Crippen molar-refractivity contribution in [3.05, 3.63) is 23.8 Å². The Bertz CT molecular complexity index is 678. The highest BCUT2D eigenvalue weighted by molar-refractivity contribution is 6.05. The van der Waals surface area contributed by atoms with Crippen molar-refractivity contribution < 1.29 is 14.3 Å². The number of primary amides is 1. The molecular weight excluding hydrogens is 272 g/mol. The van der Waals surface area contributed by atoms with E-state index in [2.05, 4.69) is 22.0 Å². The van der Waals surface area contributed by atoms with E-state index in [4.69, 9.17) is 5.73 Å². The lowest BCUT2D eigenvalue weighted by molar-refractivity contribution is 0.100. The third-order valence-electron chi connectivity index (χ3n) is 3.18. The van der Waals surface area contributed by atoms with E-state index in [9.17, 15) is 9.59 Å². The SMILES string of the molecule is CCCCn1c(NC(=O)OC)nc2c(C(N)=O)cccc21.